The summed E-state index contributed by atoms with van der Waals surface area (Å²) in [5.74, 6) is 0.00806. The van der Waals surface area contributed by atoms with Crippen LogP contribution in [0.25, 0.3) is 0 Å². The van der Waals surface area contributed by atoms with E-state index < -0.39 is 0 Å². The van der Waals surface area contributed by atoms with Crippen LogP contribution in [0, 0.1) is 0 Å². The average molecular weight is 315 g/mol. The van der Waals surface area contributed by atoms with E-state index in [0.29, 0.717) is 6.10 Å². The second-order valence-corrected chi connectivity index (χ2v) is 5.65. The summed E-state index contributed by atoms with van der Waals surface area (Å²) < 4.78 is 8.15. The number of rotatable bonds is 5. The average Bonchev–Trinajstić information content (AvgIpc) is 2.64. The van der Waals surface area contributed by atoms with E-state index in [1.54, 1.807) is 7.11 Å². The highest BCUT2D eigenvalue weighted by Crippen LogP contribution is 2.23. The van der Waals surface area contributed by atoms with Gasteiger partial charge in [0.25, 0.3) is 5.91 Å². The van der Waals surface area contributed by atoms with Gasteiger partial charge < -0.3 is 14.6 Å². The lowest BCUT2D eigenvalue weighted by Crippen LogP contribution is -2.47. The lowest BCUT2D eigenvalue weighted by molar-refractivity contribution is 0.0175. The molecule has 2 rings (SSSR count). The van der Waals surface area contributed by atoms with Crippen LogP contribution in [0.2, 0.25) is 0 Å². The molecule has 1 fully saturated rings. The van der Waals surface area contributed by atoms with Crippen LogP contribution in [0.1, 0.15) is 36.7 Å². The first-order valence-electron chi connectivity index (χ1n) is 6.33. The van der Waals surface area contributed by atoms with Crippen molar-refractivity contribution >= 4 is 21.8 Å². The summed E-state index contributed by atoms with van der Waals surface area (Å²) in [5, 5.41) is 3.05. The van der Waals surface area contributed by atoms with Gasteiger partial charge in [0, 0.05) is 30.4 Å². The highest BCUT2D eigenvalue weighted by Gasteiger charge is 2.30. The number of amides is 1. The number of aromatic nitrogens is 1. The van der Waals surface area contributed by atoms with E-state index in [1.165, 1.54) is 0 Å². The third-order valence-corrected chi connectivity index (χ3v) is 3.76. The van der Waals surface area contributed by atoms with Crippen molar-refractivity contribution in [1.29, 1.82) is 0 Å². The summed E-state index contributed by atoms with van der Waals surface area (Å²) >= 11 is 3.42. The van der Waals surface area contributed by atoms with Crippen molar-refractivity contribution < 1.29 is 9.53 Å². The molecule has 1 amide bonds. The van der Waals surface area contributed by atoms with E-state index in [0.717, 1.165) is 36.0 Å². The van der Waals surface area contributed by atoms with Crippen LogP contribution in [0.4, 0.5) is 0 Å². The molecule has 1 aliphatic carbocycles. The minimum absolute atomic E-state index is 0.00806. The van der Waals surface area contributed by atoms with Crippen LogP contribution in [0.3, 0.4) is 0 Å². The first-order valence-corrected chi connectivity index (χ1v) is 7.12. The number of halogens is 1. The van der Waals surface area contributed by atoms with Gasteiger partial charge in [-0.2, -0.15) is 0 Å². The van der Waals surface area contributed by atoms with E-state index in [2.05, 4.69) is 28.2 Å². The molecule has 1 aromatic heterocycles. The zero-order valence-corrected chi connectivity index (χ0v) is 12.4. The van der Waals surface area contributed by atoms with Crippen molar-refractivity contribution in [3.63, 3.8) is 0 Å². The Kier molecular flexibility index (Phi) is 4.45. The van der Waals surface area contributed by atoms with Crippen LogP contribution in [0.15, 0.2) is 16.7 Å². The number of carbonyl (C=O) groups excluding carboxylic acids is 1. The maximum Gasteiger partial charge on any atom is 0.268 e. The second kappa shape index (κ2) is 5.89. The van der Waals surface area contributed by atoms with Gasteiger partial charge in [-0.25, -0.2) is 0 Å². The molecule has 0 spiro atoms. The fraction of sp³-hybridized carbons (Fsp3) is 0.615. The Morgan fingerprint density at radius 2 is 2.33 bits per heavy atom. The Morgan fingerprint density at radius 3 is 2.94 bits per heavy atom. The maximum absolute atomic E-state index is 12.2. The molecule has 18 heavy (non-hydrogen) atoms. The van der Waals surface area contributed by atoms with E-state index in [1.807, 2.05) is 16.8 Å². The standard InChI is InChI=1S/C13H19BrN2O2/c1-3-4-16-8-9(14)5-12(16)13(17)15-10-6-11(7-10)18-2/h5,8,10-11H,3-4,6-7H2,1-2H3,(H,15,17). The lowest BCUT2D eigenvalue weighted by atomic mass is 9.89. The maximum atomic E-state index is 12.2. The Morgan fingerprint density at radius 1 is 1.61 bits per heavy atom. The molecule has 1 N–H and O–H groups in total. The number of aryl methyl sites for hydroxylation is 1. The molecule has 0 saturated heterocycles. The van der Waals surface area contributed by atoms with Gasteiger partial charge in [0.1, 0.15) is 5.69 Å². The molecule has 0 aliphatic heterocycles. The van der Waals surface area contributed by atoms with Crippen LogP contribution in [-0.4, -0.2) is 29.7 Å². The summed E-state index contributed by atoms with van der Waals surface area (Å²) in [5.41, 5.74) is 0.726. The van der Waals surface area contributed by atoms with E-state index in [9.17, 15) is 4.79 Å². The summed E-state index contributed by atoms with van der Waals surface area (Å²) in [6, 6.07) is 2.13. The number of ether oxygens (including phenoxy) is 1. The summed E-state index contributed by atoms with van der Waals surface area (Å²) in [7, 11) is 1.71. The van der Waals surface area contributed by atoms with Crippen LogP contribution >= 0.6 is 15.9 Å². The third kappa shape index (κ3) is 2.95. The van der Waals surface area contributed by atoms with Crippen molar-refractivity contribution in [2.24, 2.45) is 0 Å². The number of nitrogens with one attached hydrogen (secondary N) is 1. The Balaban J connectivity index is 1.96. The number of carbonyl (C=O) groups is 1. The molecule has 1 saturated carbocycles. The van der Waals surface area contributed by atoms with Crippen molar-refractivity contribution in [2.45, 2.75) is 44.9 Å². The smallest absolute Gasteiger partial charge is 0.268 e. The Bertz CT molecular complexity index is 425. The van der Waals surface area contributed by atoms with E-state index >= 15 is 0 Å². The largest absolute Gasteiger partial charge is 0.381 e. The predicted octanol–water partition coefficient (Wildman–Crippen LogP) is 2.57. The van der Waals surface area contributed by atoms with Gasteiger partial charge in [0.2, 0.25) is 0 Å². The number of hydrogen-bond acceptors (Lipinski definition) is 2. The van der Waals surface area contributed by atoms with Gasteiger partial charge in [0.15, 0.2) is 0 Å². The van der Waals surface area contributed by atoms with Crippen molar-refractivity contribution in [3.8, 4) is 0 Å². The van der Waals surface area contributed by atoms with E-state index in [-0.39, 0.29) is 11.9 Å². The molecule has 0 bridgehead atoms. The second-order valence-electron chi connectivity index (χ2n) is 4.74. The van der Waals surface area contributed by atoms with Crippen LogP contribution < -0.4 is 5.32 Å². The number of nitrogens with zero attached hydrogens (tertiary/aromatic N) is 1. The first-order chi connectivity index (χ1) is 8.63. The number of hydrogen-bond donors (Lipinski definition) is 1. The highest BCUT2D eigenvalue weighted by molar-refractivity contribution is 9.10. The van der Waals surface area contributed by atoms with Crippen LogP contribution in [-0.2, 0) is 11.3 Å². The fourth-order valence-electron chi connectivity index (χ4n) is 2.23. The summed E-state index contributed by atoms with van der Waals surface area (Å²) in [6.07, 6.45) is 5.10. The minimum atomic E-state index is 0.00806. The van der Waals surface area contributed by atoms with Crippen molar-refractivity contribution in [1.82, 2.24) is 9.88 Å². The molecule has 1 aromatic rings. The van der Waals surface area contributed by atoms with E-state index in [4.69, 9.17) is 4.74 Å². The van der Waals surface area contributed by atoms with Gasteiger partial charge in [-0.05, 0) is 41.3 Å². The molecule has 0 radical (unpaired) electrons. The SMILES string of the molecule is CCCn1cc(Br)cc1C(=O)NC1CC(OC)C1. The zero-order valence-electron chi connectivity index (χ0n) is 10.8. The monoisotopic (exact) mass is 314 g/mol. The Labute approximate surface area is 116 Å². The minimum Gasteiger partial charge on any atom is -0.381 e. The molecule has 5 heteroatoms. The zero-order chi connectivity index (χ0) is 13.1. The molecule has 4 nitrogen and oxygen atoms in total. The van der Waals surface area contributed by atoms with Gasteiger partial charge in [-0.1, -0.05) is 6.92 Å². The third-order valence-electron chi connectivity index (χ3n) is 3.32. The quantitative estimate of drug-likeness (QED) is 0.907. The molecule has 1 heterocycles. The molecule has 0 aromatic carbocycles. The number of methoxy groups -OCH3 is 1. The van der Waals surface area contributed by atoms with Crippen molar-refractivity contribution in [2.75, 3.05) is 7.11 Å². The van der Waals surface area contributed by atoms with Gasteiger partial charge in [-0.3, -0.25) is 4.79 Å². The molecule has 0 atom stereocenters. The van der Waals surface area contributed by atoms with Crippen LogP contribution in [0.5, 0.6) is 0 Å². The van der Waals surface area contributed by atoms with Gasteiger partial charge in [-0.15, -0.1) is 0 Å². The molecule has 1 aliphatic rings. The molecule has 0 unspecified atom stereocenters. The predicted molar refractivity (Wildman–Crippen MR) is 73.7 cm³/mol. The van der Waals surface area contributed by atoms with Gasteiger partial charge in [0.05, 0.1) is 6.10 Å². The lowest BCUT2D eigenvalue weighted by Gasteiger charge is -2.34. The summed E-state index contributed by atoms with van der Waals surface area (Å²) in [6.45, 7) is 2.96. The normalized spacial score (nSPS) is 22.6. The topological polar surface area (TPSA) is 43.3 Å². The highest BCUT2D eigenvalue weighted by atomic mass is 79.9. The van der Waals surface area contributed by atoms with Crippen molar-refractivity contribution in [3.05, 3.63) is 22.4 Å². The Hall–Kier alpha value is -0.810. The molecular weight excluding hydrogens is 296 g/mol. The fourth-order valence-corrected chi connectivity index (χ4v) is 2.69. The van der Waals surface area contributed by atoms with Gasteiger partial charge >= 0.3 is 0 Å². The molecule has 100 valence electrons. The summed E-state index contributed by atoms with van der Waals surface area (Å²) in [4.78, 5) is 12.2. The molecular formula is C13H19BrN2O2. The first kappa shape index (κ1) is 13.6.